The molecule has 0 radical (unpaired) electrons. The van der Waals surface area contributed by atoms with Crippen molar-refractivity contribution in [3.05, 3.63) is 42.0 Å². The normalized spacial score (nSPS) is 19.5. The molecule has 2 aromatic rings. The van der Waals surface area contributed by atoms with Crippen molar-refractivity contribution >= 4 is 0 Å². The molecule has 1 atom stereocenters. The average Bonchev–Trinajstić information content (AvgIpc) is 3.15. The Balaban J connectivity index is 1.34. The van der Waals surface area contributed by atoms with Gasteiger partial charge < -0.3 is 19.4 Å². The summed E-state index contributed by atoms with van der Waals surface area (Å²) in [5.74, 6) is 3.64. The predicted molar refractivity (Wildman–Crippen MR) is 78.3 cm³/mol. The second-order valence-corrected chi connectivity index (χ2v) is 5.68. The highest BCUT2D eigenvalue weighted by atomic mass is 16.7. The quantitative estimate of drug-likeness (QED) is 0.933. The Labute approximate surface area is 123 Å². The van der Waals surface area contributed by atoms with E-state index in [0.717, 1.165) is 37.6 Å². The van der Waals surface area contributed by atoms with Crippen LogP contribution >= 0.6 is 0 Å². The third-order valence-electron chi connectivity index (χ3n) is 4.26. The summed E-state index contributed by atoms with van der Waals surface area (Å²) in [4.78, 5) is 4.37. The number of para-hydroxylation sites is 1. The van der Waals surface area contributed by atoms with E-state index in [1.165, 1.54) is 17.8 Å². The minimum absolute atomic E-state index is 0.332. The molecule has 110 valence electrons. The fraction of sp³-hybridized carbons (Fsp3) is 0.438. The number of aromatic nitrogens is 2. The van der Waals surface area contributed by atoms with Gasteiger partial charge in [-0.25, -0.2) is 4.98 Å². The van der Waals surface area contributed by atoms with Gasteiger partial charge in [0.15, 0.2) is 11.5 Å². The summed E-state index contributed by atoms with van der Waals surface area (Å²) in [7, 11) is 0. The lowest BCUT2D eigenvalue weighted by Gasteiger charge is -2.24. The Kier molecular flexibility index (Phi) is 3.27. The first-order valence-electron chi connectivity index (χ1n) is 7.48. The largest absolute Gasteiger partial charge is 0.454 e. The molecule has 2 aliphatic heterocycles. The lowest BCUT2D eigenvalue weighted by atomic mass is 9.99. The molecule has 0 bridgehead atoms. The molecule has 0 unspecified atom stereocenters. The summed E-state index contributed by atoms with van der Waals surface area (Å²) in [6.45, 7) is 3.23. The lowest BCUT2D eigenvalue weighted by Crippen LogP contribution is -2.29. The second kappa shape index (κ2) is 5.41. The number of hydrogen-bond acceptors (Lipinski definition) is 4. The van der Waals surface area contributed by atoms with Crippen molar-refractivity contribution in [3.63, 3.8) is 0 Å². The zero-order chi connectivity index (χ0) is 14.1. The molecule has 1 N–H and O–H groups in total. The monoisotopic (exact) mass is 285 g/mol. The fourth-order valence-electron chi connectivity index (χ4n) is 3.14. The van der Waals surface area contributed by atoms with E-state index in [4.69, 9.17) is 9.47 Å². The number of benzene rings is 1. The van der Waals surface area contributed by atoms with Crippen LogP contribution in [0.25, 0.3) is 0 Å². The smallest absolute Gasteiger partial charge is 0.231 e. The van der Waals surface area contributed by atoms with E-state index in [-0.39, 0.29) is 0 Å². The second-order valence-electron chi connectivity index (χ2n) is 5.68. The summed E-state index contributed by atoms with van der Waals surface area (Å²) in [6, 6.07) is 6.06. The van der Waals surface area contributed by atoms with E-state index in [1.807, 2.05) is 18.3 Å². The van der Waals surface area contributed by atoms with Crippen LogP contribution in [-0.4, -0.2) is 22.9 Å². The first kappa shape index (κ1) is 12.7. The Hall–Kier alpha value is -2.01. The van der Waals surface area contributed by atoms with Gasteiger partial charge in [0, 0.05) is 37.5 Å². The highest BCUT2D eigenvalue weighted by molar-refractivity contribution is 5.48. The molecule has 5 nitrogen and oxygen atoms in total. The number of nitrogens with zero attached hydrogens (tertiary/aromatic N) is 2. The van der Waals surface area contributed by atoms with Crippen LogP contribution in [0.3, 0.4) is 0 Å². The average molecular weight is 285 g/mol. The number of ether oxygens (including phenoxy) is 2. The summed E-state index contributed by atoms with van der Waals surface area (Å²) in [5, 5.41) is 3.55. The minimum atomic E-state index is 0.332. The van der Waals surface area contributed by atoms with Gasteiger partial charge >= 0.3 is 0 Å². The van der Waals surface area contributed by atoms with Crippen molar-refractivity contribution in [1.29, 1.82) is 0 Å². The molecular formula is C16H19N3O2. The van der Waals surface area contributed by atoms with Gasteiger partial charge in [-0.05, 0) is 24.9 Å². The van der Waals surface area contributed by atoms with Gasteiger partial charge in [-0.1, -0.05) is 12.1 Å². The van der Waals surface area contributed by atoms with Gasteiger partial charge in [0.25, 0.3) is 0 Å². The summed E-state index contributed by atoms with van der Waals surface area (Å²) < 4.78 is 13.2. The van der Waals surface area contributed by atoms with Gasteiger partial charge in [0.1, 0.15) is 5.82 Å². The number of aryl methyl sites for hydroxylation is 1. The van der Waals surface area contributed by atoms with Crippen LogP contribution in [0, 0.1) is 5.92 Å². The van der Waals surface area contributed by atoms with E-state index in [0.29, 0.717) is 12.7 Å². The van der Waals surface area contributed by atoms with Crippen LogP contribution in [0.4, 0.5) is 0 Å². The molecule has 0 saturated heterocycles. The van der Waals surface area contributed by atoms with Crippen molar-refractivity contribution in [2.75, 3.05) is 13.3 Å². The summed E-state index contributed by atoms with van der Waals surface area (Å²) >= 11 is 0. The molecule has 0 fully saturated rings. The molecule has 0 spiro atoms. The molecule has 3 heterocycles. The van der Waals surface area contributed by atoms with Crippen molar-refractivity contribution in [1.82, 2.24) is 14.9 Å². The predicted octanol–water partition coefficient (Wildman–Crippen LogP) is 1.96. The van der Waals surface area contributed by atoms with E-state index in [2.05, 4.69) is 27.1 Å². The summed E-state index contributed by atoms with van der Waals surface area (Å²) in [6.07, 6.45) is 6.26. The van der Waals surface area contributed by atoms with Crippen molar-refractivity contribution in [2.45, 2.75) is 25.9 Å². The Morgan fingerprint density at radius 1 is 1.33 bits per heavy atom. The van der Waals surface area contributed by atoms with Crippen molar-refractivity contribution in [2.24, 2.45) is 5.92 Å². The molecule has 2 aliphatic rings. The van der Waals surface area contributed by atoms with Crippen molar-refractivity contribution in [3.8, 4) is 11.5 Å². The van der Waals surface area contributed by atoms with Crippen LogP contribution in [0.1, 0.15) is 17.8 Å². The van der Waals surface area contributed by atoms with Gasteiger partial charge in [-0.2, -0.15) is 0 Å². The number of nitrogens with one attached hydrogen (secondary N) is 1. The van der Waals surface area contributed by atoms with E-state index in [9.17, 15) is 0 Å². The first-order chi connectivity index (χ1) is 10.4. The van der Waals surface area contributed by atoms with Crippen LogP contribution < -0.4 is 14.8 Å². The van der Waals surface area contributed by atoms with Gasteiger partial charge in [0.05, 0.1) is 0 Å². The van der Waals surface area contributed by atoms with Crippen LogP contribution in [0.15, 0.2) is 30.6 Å². The van der Waals surface area contributed by atoms with Gasteiger partial charge in [-0.15, -0.1) is 0 Å². The number of rotatable bonds is 4. The van der Waals surface area contributed by atoms with Crippen LogP contribution in [0.2, 0.25) is 0 Å². The molecule has 1 aromatic heterocycles. The van der Waals surface area contributed by atoms with Crippen LogP contribution in [-0.2, 0) is 19.5 Å². The molecular weight excluding hydrogens is 266 g/mol. The standard InChI is InChI=1S/C16H19N3O2/c1-2-13(16-14(3-1)20-11-21-16)9-17-8-12-4-5-15-18-6-7-19(15)10-12/h1-3,6-7,12,17H,4-5,8-11H2/t12-/m1/s1. The molecule has 5 heteroatoms. The third kappa shape index (κ3) is 2.49. The molecule has 0 saturated carbocycles. The zero-order valence-electron chi connectivity index (χ0n) is 11.9. The molecule has 0 aliphatic carbocycles. The SMILES string of the molecule is c1cc(CNC[C@H]2CCc3nccn3C2)c2c(c1)OCO2. The third-order valence-corrected chi connectivity index (χ3v) is 4.26. The zero-order valence-corrected chi connectivity index (χ0v) is 11.9. The Morgan fingerprint density at radius 2 is 2.33 bits per heavy atom. The number of imidazole rings is 1. The topological polar surface area (TPSA) is 48.3 Å². The molecule has 1 aromatic carbocycles. The highest BCUT2D eigenvalue weighted by Crippen LogP contribution is 2.35. The number of fused-ring (bicyclic) bond motifs is 2. The van der Waals surface area contributed by atoms with Gasteiger partial charge in [-0.3, -0.25) is 0 Å². The number of hydrogen-bond donors (Lipinski definition) is 1. The maximum absolute atomic E-state index is 5.53. The van der Waals surface area contributed by atoms with E-state index < -0.39 is 0 Å². The van der Waals surface area contributed by atoms with Gasteiger partial charge in [0.2, 0.25) is 6.79 Å². The first-order valence-corrected chi connectivity index (χ1v) is 7.48. The van der Waals surface area contributed by atoms with E-state index >= 15 is 0 Å². The lowest BCUT2D eigenvalue weighted by molar-refractivity contribution is 0.173. The molecule has 0 amide bonds. The van der Waals surface area contributed by atoms with Crippen molar-refractivity contribution < 1.29 is 9.47 Å². The minimum Gasteiger partial charge on any atom is -0.454 e. The summed E-state index contributed by atoms with van der Waals surface area (Å²) in [5.41, 5.74) is 1.17. The highest BCUT2D eigenvalue weighted by Gasteiger charge is 2.20. The van der Waals surface area contributed by atoms with E-state index in [1.54, 1.807) is 0 Å². The Bertz CT molecular complexity index is 638. The Morgan fingerprint density at radius 3 is 3.33 bits per heavy atom. The fourth-order valence-corrected chi connectivity index (χ4v) is 3.14. The molecule has 21 heavy (non-hydrogen) atoms. The maximum Gasteiger partial charge on any atom is 0.231 e. The molecule has 4 rings (SSSR count). The van der Waals surface area contributed by atoms with Crippen LogP contribution in [0.5, 0.6) is 11.5 Å². The maximum atomic E-state index is 5.53.